The van der Waals surface area contributed by atoms with Crippen LogP contribution in [0.3, 0.4) is 0 Å². The van der Waals surface area contributed by atoms with Crippen LogP contribution in [0.1, 0.15) is 11.3 Å². The highest BCUT2D eigenvalue weighted by molar-refractivity contribution is 5.65. The molecule has 35 heavy (non-hydrogen) atoms. The Labute approximate surface area is 205 Å². The number of aryl methyl sites for hydroxylation is 1. The zero-order valence-corrected chi connectivity index (χ0v) is 19.7. The summed E-state index contributed by atoms with van der Waals surface area (Å²) in [5.41, 5.74) is 2.71. The van der Waals surface area contributed by atoms with Crippen LogP contribution in [0.4, 0.5) is 0 Å². The highest BCUT2D eigenvalue weighted by Gasteiger charge is 2.24. The van der Waals surface area contributed by atoms with Gasteiger partial charge in [0.25, 0.3) is 0 Å². The smallest absolute Gasteiger partial charge is 0.222 e. The summed E-state index contributed by atoms with van der Waals surface area (Å²) in [6, 6.07) is 23.4. The van der Waals surface area contributed by atoms with E-state index in [1.54, 1.807) is 10.9 Å². The Hall–Kier alpha value is -3.83. The Morgan fingerprint density at radius 2 is 1.80 bits per heavy atom. The van der Waals surface area contributed by atoms with E-state index in [-0.39, 0.29) is 13.2 Å². The number of ether oxygens (including phenoxy) is 2. The number of aliphatic hydroxyl groups is 1. The van der Waals surface area contributed by atoms with Gasteiger partial charge in [0.15, 0.2) is 0 Å². The number of furan rings is 1. The molecule has 2 aromatic carbocycles. The Bertz CT molecular complexity index is 1210. The summed E-state index contributed by atoms with van der Waals surface area (Å²) in [5, 5.41) is 15.4. The maximum absolute atomic E-state index is 10.6. The van der Waals surface area contributed by atoms with Crippen molar-refractivity contribution in [2.75, 3.05) is 19.8 Å². The number of terminal acetylenes is 1. The Morgan fingerprint density at radius 3 is 2.49 bits per heavy atom. The van der Waals surface area contributed by atoms with Crippen molar-refractivity contribution in [1.29, 1.82) is 0 Å². The van der Waals surface area contributed by atoms with Gasteiger partial charge in [0.05, 0.1) is 31.1 Å². The second-order valence-electron chi connectivity index (χ2n) is 8.16. The van der Waals surface area contributed by atoms with Gasteiger partial charge >= 0.3 is 0 Å². The fourth-order valence-electron chi connectivity index (χ4n) is 3.89. The SMILES string of the molecule is C#CCOC[C@H](O)CN(Cc1ccco1)Cc1c(-c2ccccc2)nn(C)c1Oc1ccccc1. The van der Waals surface area contributed by atoms with E-state index in [0.29, 0.717) is 25.5 Å². The maximum atomic E-state index is 10.6. The van der Waals surface area contributed by atoms with Gasteiger partial charge in [-0.1, -0.05) is 54.5 Å². The first-order valence-corrected chi connectivity index (χ1v) is 11.4. The lowest BCUT2D eigenvalue weighted by Gasteiger charge is -2.24. The van der Waals surface area contributed by atoms with Crippen molar-refractivity contribution in [2.24, 2.45) is 7.05 Å². The number of benzene rings is 2. The normalized spacial score (nSPS) is 11.9. The molecule has 0 aliphatic rings. The third-order valence-electron chi connectivity index (χ3n) is 5.40. The zero-order valence-electron chi connectivity index (χ0n) is 19.7. The van der Waals surface area contributed by atoms with Gasteiger partial charge in [-0.05, 0) is 24.3 Å². The average Bonchev–Trinajstić information content (AvgIpc) is 3.49. The van der Waals surface area contributed by atoms with Crippen molar-refractivity contribution in [3.63, 3.8) is 0 Å². The number of para-hydroxylation sites is 1. The van der Waals surface area contributed by atoms with Crippen molar-refractivity contribution >= 4 is 0 Å². The summed E-state index contributed by atoms with van der Waals surface area (Å²) < 4.78 is 19.0. The molecule has 4 aromatic rings. The van der Waals surface area contributed by atoms with Crippen LogP contribution in [-0.4, -0.2) is 45.6 Å². The third-order valence-corrected chi connectivity index (χ3v) is 5.40. The van der Waals surface area contributed by atoms with Crippen LogP contribution in [0.25, 0.3) is 11.3 Å². The minimum Gasteiger partial charge on any atom is -0.468 e. The molecule has 4 rings (SSSR count). The standard InChI is InChI=1S/C28H29N3O4/c1-3-16-33-21-23(32)18-31(19-25-15-10-17-34-25)20-26-27(22-11-6-4-7-12-22)29-30(2)28(26)35-24-13-8-5-9-14-24/h1,4-15,17,23,32H,16,18-21H2,2H3/t23-/m1/s1. The van der Waals surface area contributed by atoms with Crippen LogP contribution in [0, 0.1) is 12.3 Å². The van der Waals surface area contributed by atoms with Crippen molar-refractivity contribution in [2.45, 2.75) is 19.2 Å². The predicted octanol–water partition coefficient (Wildman–Crippen LogP) is 4.49. The van der Waals surface area contributed by atoms with Crippen LogP contribution < -0.4 is 4.74 Å². The third kappa shape index (κ3) is 6.61. The van der Waals surface area contributed by atoms with Crippen LogP contribution in [-0.2, 0) is 24.9 Å². The molecule has 0 fully saturated rings. The van der Waals surface area contributed by atoms with Crippen molar-refractivity contribution in [3.05, 3.63) is 90.4 Å². The summed E-state index contributed by atoms with van der Waals surface area (Å²) in [5.74, 6) is 4.57. The Kier molecular flexibility index (Phi) is 8.36. The van der Waals surface area contributed by atoms with Crippen molar-refractivity contribution < 1.29 is 19.0 Å². The molecule has 0 aliphatic heterocycles. The van der Waals surface area contributed by atoms with E-state index in [1.807, 2.05) is 79.8 Å². The molecule has 1 N–H and O–H groups in total. The van der Waals surface area contributed by atoms with E-state index in [2.05, 4.69) is 10.8 Å². The topological polar surface area (TPSA) is 72.9 Å². The number of nitrogens with zero attached hydrogens (tertiary/aromatic N) is 3. The van der Waals surface area contributed by atoms with Gasteiger partial charge in [-0.25, -0.2) is 4.68 Å². The van der Waals surface area contributed by atoms with Gasteiger partial charge in [-0.3, -0.25) is 4.90 Å². The van der Waals surface area contributed by atoms with Crippen molar-refractivity contribution in [3.8, 4) is 35.2 Å². The average molecular weight is 472 g/mol. The molecule has 1 atom stereocenters. The summed E-state index contributed by atoms with van der Waals surface area (Å²) in [6.07, 6.45) is 6.17. The lowest BCUT2D eigenvalue weighted by Crippen LogP contribution is -2.34. The molecule has 0 bridgehead atoms. The predicted molar refractivity (Wildman–Crippen MR) is 134 cm³/mol. The van der Waals surface area contributed by atoms with E-state index in [1.165, 1.54) is 0 Å². The molecule has 7 heteroatoms. The van der Waals surface area contributed by atoms with Gasteiger partial charge in [0.1, 0.15) is 23.8 Å². The molecule has 180 valence electrons. The summed E-state index contributed by atoms with van der Waals surface area (Å²) in [7, 11) is 1.87. The van der Waals surface area contributed by atoms with E-state index in [9.17, 15) is 5.11 Å². The van der Waals surface area contributed by atoms with E-state index in [4.69, 9.17) is 25.4 Å². The number of rotatable bonds is 12. The second kappa shape index (κ2) is 12.0. The number of aliphatic hydroxyl groups excluding tert-OH is 1. The molecule has 7 nitrogen and oxygen atoms in total. The first-order chi connectivity index (χ1) is 17.1. The number of hydrogen-bond acceptors (Lipinski definition) is 6. The monoisotopic (exact) mass is 471 g/mol. The molecule has 0 saturated heterocycles. The highest BCUT2D eigenvalue weighted by atomic mass is 16.5. The summed E-state index contributed by atoms with van der Waals surface area (Å²) in [6.45, 7) is 1.61. The van der Waals surface area contributed by atoms with Gasteiger partial charge in [0, 0.05) is 25.7 Å². The molecule has 2 heterocycles. The van der Waals surface area contributed by atoms with Gasteiger partial charge in [0.2, 0.25) is 5.88 Å². The minimum atomic E-state index is -0.728. The molecular weight excluding hydrogens is 442 g/mol. The van der Waals surface area contributed by atoms with E-state index in [0.717, 1.165) is 28.3 Å². The van der Waals surface area contributed by atoms with E-state index < -0.39 is 6.10 Å². The van der Waals surface area contributed by atoms with E-state index >= 15 is 0 Å². The molecule has 0 aliphatic carbocycles. The first kappa shape index (κ1) is 24.3. The largest absolute Gasteiger partial charge is 0.468 e. The zero-order chi connectivity index (χ0) is 24.5. The summed E-state index contributed by atoms with van der Waals surface area (Å²) >= 11 is 0. The fourth-order valence-corrected chi connectivity index (χ4v) is 3.89. The van der Waals surface area contributed by atoms with Crippen LogP contribution >= 0.6 is 0 Å². The molecule has 0 spiro atoms. The van der Waals surface area contributed by atoms with Crippen molar-refractivity contribution in [1.82, 2.24) is 14.7 Å². The second-order valence-corrected chi connectivity index (χ2v) is 8.16. The van der Waals surface area contributed by atoms with Crippen LogP contribution in [0.2, 0.25) is 0 Å². The van der Waals surface area contributed by atoms with Gasteiger partial charge in [-0.2, -0.15) is 5.10 Å². The minimum absolute atomic E-state index is 0.144. The molecular formula is C28H29N3O4. The van der Waals surface area contributed by atoms with Gasteiger partial charge < -0.3 is 19.0 Å². The Balaban J connectivity index is 1.67. The van der Waals surface area contributed by atoms with Crippen LogP contribution in [0.5, 0.6) is 11.6 Å². The maximum Gasteiger partial charge on any atom is 0.222 e. The lowest BCUT2D eigenvalue weighted by molar-refractivity contribution is 0.0229. The molecule has 2 aromatic heterocycles. The number of hydrogen-bond donors (Lipinski definition) is 1. The number of aromatic nitrogens is 2. The van der Waals surface area contributed by atoms with Crippen LogP contribution in [0.15, 0.2) is 83.5 Å². The lowest BCUT2D eigenvalue weighted by atomic mass is 10.1. The quantitative estimate of drug-likeness (QED) is 0.243. The molecule has 0 unspecified atom stereocenters. The highest BCUT2D eigenvalue weighted by Crippen LogP contribution is 2.34. The Morgan fingerprint density at radius 1 is 1.06 bits per heavy atom. The fraction of sp³-hybridized carbons (Fsp3) is 0.250. The first-order valence-electron chi connectivity index (χ1n) is 11.4. The molecule has 0 saturated carbocycles. The van der Waals surface area contributed by atoms with Gasteiger partial charge in [-0.15, -0.1) is 6.42 Å². The molecule has 0 radical (unpaired) electrons. The summed E-state index contributed by atoms with van der Waals surface area (Å²) in [4.78, 5) is 2.09. The molecule has 0 amide bonds.